The van der Waals surface area contributed by atoms with Gasteiger partial charge in [-0.25, -0.2) is 4.39 Å². The van der Waals surface area contributed by atoms with Crippen molar-refractivity contribution < 1.29 is 9.18 Å². The Morgan fingerprint density at radius 1 is 1.00 bits per heavy atom. The zero-order valence-electron chi connectivity index (χ0n) is 13.8. The number of hydrogen-bond donors (Lipinski definition) is 3. The first kappa shape index (κ1) is 17.3. The summed E-state index contributed by atoms with van der Waals surface area (Å²) in [5.74, 6) is 0.420. The van der Waals surface area contributed by atoms with Gasteiger partial charge in [0.05, 0.1) is 11.9 Å². The Hall–Kier alpha value is -3.55. The van der Waals surface area contributed by atoms with Gasteiger partial charge >= 0.3 is 0 Å². The molecule has 0 fully saturated rings. The van der Waals surface area contributed by atoms with Crippen LogP contribution in [0.4, 0.5) is 21.7 Å². The lowest BCUT2D eigenvalue weighted by atomic mass is 10.2. The van der Waals surface area contributed by atoms with Gasteiger partial charge in [0.2, 0.25) is 0 Å². The number of anilines is 3. The molecule has 1 amide bonds. The summed E-state index contributed by atoms with van der Waals surface area (Å²) < 4.78 is 13.1. The third-order valence-electron chi connectivity index (χ3n) is 3.40. The van der Waals surface area contributed by atoms with Crippen LogP contribution in [0.25, 0.3) is 0 Å². The summed E-state index contributed by atoms with van der Waals surface area (Å²) in [6.07, 6.45) is 3.38. The Kier molecular flexibility index (Phi) is 5.66. The Bertz CT molecular complexity index is 857. The third kappa shape index (κ3) is 4.97. The number of aromatic nitrogens is 3. The summed E-state index contributed by atoms with van der Waals surface area (Å²) in [5, 5.41) is 17.0. The average Bonchev–Trinajstić information content (AvgIpc) is 2.67. The number of hydrogen-bond acceptors (Lipinski definition) is 6. The zero-order chi connectivity index (χ0) is 18.2. The first-order valence-corrected chi connectivity index (χ1v) is 7.99. The molecule has 0 aliphatic carbocycles. The molecule has 7 nitrogen and oxygen atoms in total. The van der Waals surface area contributed by atoms with Gasteiger partial charge in [-0.1, -0.05) is 6.07 Å². The first-order valence-electron chi connectivity index (χ1n) is 7.99. The van der Waals surface area contributed by atoms with Crippen LogP contribution in [0, 0.1) is 5.82 Å². The van der Waals surface area contributed by atoms with E-state index in [0.29, 0.717) is 24.7 Å². The largest absolute Gasteiger partial charge is 0.367 e. The van der Waals surface area contributed by atoms with E-state index >= 15 is 0 Å². The summed E-state index contributed by atoms with van der Waals surface area (Å²) >= 11 is 0. The predicted molar refractivity (Wildman–Crippen MR) is 96.8 cm³/mol. The van der Waals surface area contributed by atoms with Crippen molar-refractivity contribution in [2.24, 2.45) is 0 Å². The van der Waals surface area contributed by atoms with Crippen LogP contribution in [0.1, 0.15) is 10.4 Å². The monoisotopic (exact) mass is 352 g/mol. The molecule has 0 aliphatic heterocycles. The predicted octanol–water partition coefficient (Wildman–Crippen LogP) is 2.60. The number of nitrogens with one attached hydrogen (secondary N) is 3. The van der Waals surface area contributed by atoms with Gasteiger partial charge in [-0.3, -0.25) is 9.78 Å². The fraction of sp³-hybridized carbons (Fsp3) is 0.111. The maximum Gasteiger partial charge on any atom is 0.251 e. The van der Waals surface area contributed by atoms with E-state index < -0.39 is 5.82 Å². The maximum absolute atomic E-state index is 13.1. The standard InChI is InChI=1S/C18H17FN6O/c19-14-4-1-3-13(11-14)18(26)22-10-9-21-16-6-7-17(25-24-16)23-15-5-2-8-20-12-15/h1-8,11-12H,9-10H2,(H,21,24)(H,22,26)(H,23,25). The van der Waals surface area contributed by atoms with Crippen molar-refractivity contribution in [3.05, 3.63) is 72.3 Å². The van der Waals surface area contributed by atoms with E-state index in [4.69, 9.17) is 0 Å². The molecule has 0 spiro atoms. The van der Waals surface area contributed by atoms with Crippen LogP contribution in [0.3, 0.4) is 0 Å². The SMILES string of the molecule is O=C(NCCNc1ccc(Nc2cccnc2)nn1)c1cccc(F)c1. The number of pyridine rings is 1. The van der Waals surface area contributed by atoms with Gasteiger partial charge in [0.15, 0.2) is 5.82 Å². The molecule has 2 heterocycles. The van der Waals surface area contributed by atoms with Crippen LogP contribution in [-0.2, 0) is 0 Å². The second kappa shape index (κ2) is 8.52. The number of rotatable bonds is 7. The molecule has 0 aliphatic rings. The highest BCUT2D eigenvalue weighted by atomic mass is 19.1. The van der Waals surface area contributed by atoms with Crippen molar-refractivity contribution in [2.75, 3.05) is 23.7 Å². The van der Waals surface area contributed by atoms with Crippen molar-refractivity contribution >= 4 is 23.2 Å². The molecule has 0 radical (unpaired) electrons. The highest BCUT2D eigenvalue weighted by Gasteiger charge is 2.05. The second-order valence-electron chi connectivity index (χ2n) is 5.36. The van der Waals surface area contributed by atoms with E-state index in [1.807, 2.05) is 12.1 Å². The second-order valence-corrected chi connectivity index (χ2v) is 5.36. The molecule has 0 saturated heterocycles. The lowest BCUT2D eigenvalue weighted by Crippen LogP contribution is -2.29. The number of carbonyl (C=O) groups is 1. The first-order chi connectivity index (χ1) is 12.7. The number of halogens is 1. The molecule has 3 rings (SSSR count). The molecule has 132 valence electrons. The van der Waals surface area contributed by atoms with Crippen molar-refractivity contribution in [1.29, 1.82) is 0 Å². The van der Waals surface area contributed by atoms with Gasteiger partial charge in [-0.15, -0.1) is 10.2 Å². The number of carbonyl (C=O) groups excluding carboxylic acids is 1. The van der Waals surface area contributed by atoms with Gasteiger partial charge in [0, 0.05) is 24.8 Å². The topological polar surface area (TPSA) is 91.8 Å². The highest BCUT2D eigenvalue weighted by Crippen LogP contribution is 2.12. The Morgan fingerprint density at radius 3 is 2.58 bits per heavy atom. The van der Waals surface area contributed by atoms with Gasteiger partial charge in [0.25, 0.3) is 5.91 Å². The molecular formula is C18H17FN6O. The van der Waals surface area contributed by atoms with Crippen molar-refractivity contribution in [2.45, 2.75) is 0 Å². The van der Waals surface area contributed by atoms with E-state index in [0.717, 1.165) is 5.69 Å². The highest BCUT2D eigenvalue weighted by molar-refractivity contribution is 5.94. The minimum Gasteiger partial charge on any atom is -0.367 e. The third-order valence-corrected chi connectivity index (χ3v) is 3.40. The van der Waals surface area contributed by atoms with E-state index in [9.17, 15) is 9.18 Å². The van der Waals surface area contributed by atoms with Crippen LogP contribution in [0.5, 0.6) is 0 Å². The molecule has 0 atom stereocenters. The summed E-state index contributed by atoms with van der Waals surface area (Å²) in [4.78, 5) is 15.9. The number of benzene rings is 1. The van der Waals surface area contributed by atoms with Crippen molar-refractivity contribution in [1.82, 2.24) is 20.5 Å². The van der Waals surface area contributed by atoms with E-state index in [-0.39, 0.29) is 11.5 Å². The summed E-state index contributed by atoms with van der Waals surface area (Å²) in [5.41, 5.74) is 1.11. The summed E-state index contributed by atoms with van der Waals surface area (Å²) in [7, 11) is 0. The molecule has 0 unspecified atom stereocenters. The fourth-order valence-corrected chi connectivity index (χ4v) is 2.18. The lowest BCUT2D eigenvalue weighted by molar-refractivity contribution is 0.0954. The number of nitrogens with zero attached hydrogens (tertiary/aromatic N) is 3. The van der Waals surface area contributed by atoms with Crippen LogP contribution in [0.2, 0.25) is 0 Å². The Labute approximate surface area is 149 Å². The molecule has 1 aromatic carbocycles. The number of amides is 1. The normalized spacial score (nSPS) is 10.2. The quantitative estimate of drug-likeness (QED) is 0.566. The van der Waals surface area contributed by atoms with E-state index in [1.54, 1.807) is 30.6 Å². The Balaban J connectivity index is 1.43. The molecular weight excluding hydrogens is 335 g/mol. The van der Waals surface area contributed by atoms with Crippen LogP contribution in [-0.4, -0.2) is 34.2 Å². The zero-order valence-corrected chi connectivity index (χ0v) is 13.8. The van der Waals surface area contributed by atoms with Gasteiger partial charge in [-0.2, -0.15) is 0 Å². The minimum absolute atomic E-state index is 0.288. The maximum atomic E-state index is 13.1. The Morgan fingerprint density at radius 2 is 1.85 bits per heavy atom. The fourth-order valence-electron chi connectivity index (χ4n) is 2.18. The molecule has 8 heteroatoms. The smallest absolute Gasteiger partial charge is 0.251 e. The molecule has 2 aromatic heterocycles. The molecule has 3 N–H and O–H groups in total. The van der Waals surface area contributed by atoms with E-state index in [1.165, 1.54) is 18.2 Å². The minimum atomic E-state index is -0.439. The summed E-state index contributed by atoms with van der Waals surface area (Å²) in [6, 6.07) is 12.8. The molecule has 0 bridgehead atoms. The van der Waals surface area contributed by atoms with Crippen LogP contribution in [0.15, 0.2) is 60.9 Å². The average molecular weight is 352 g/mol. The van der Waals surface area contributed by atoms with Gasteiger partial charge in [-0.05, 0) is 42.5 Å². The van der Waals surface area contributed by atoms with Crippen LogP contribution < -0.4 is 16.0 Å². The molecule has 3 aromatic rings. The molecule has 26 heavy (non-hydrogen) atoms. The van der Waals surface area contributed by atoms with E-state index in [2.05, 4.69) is 31.1 Å². The van der Waals surface area contributed by atoms with Gasteiger partial charge in [0.1, 0.15) is 11.6 Å². The molecule has 0 saturated carbocycles. The summed E-state index contributed by atoms with van der Waals surface area (Å²) in [6.45, 7) is 0.831. The van der Waals surface area contributed by atoms with Gasteiger partial charge < -0.3 is 16.0 Å². The van der Waals surface area contributed by atoms with Crippen molar-refractivity contribution in [3.63, 3.8) is 0 Å². The van der Waals surface area contributed by atoms with Crippen molar-refractivity contribution in [3.8, 4) is 0 Å². The lowest BCUT2D eigenvalue weighted by Gasteiger charge is -2.08. The van der Waals surface area contributed by atoms with Crippen LogP contribution >= 0.6 is 0 Å².